The number of hydrogen-bond donors (Lipinski definition) is 0. The minimum absolute atomic E-state index is 0.123. The van der Waals surface area contributed by atoms with Crippen molar-refractivity contribution in [1.82, 2.24) is 0 Å². The fourth-order valence-electron chi connectivity index (χ4n) is 7.30. The highest BCUT2D eigenvalue weighted by atomic mass is 16.6. The molecule has 6 heteroatoms. The molecule has 0 saturated heterocycles. The first-order valence-corrected chi connectivity index (χ1v) is 29.0. The van der Waals surface area contributed by atoms with Crippen LogP contribution in [0.4, 0.5) is 0 Å². The molecule has 0 aromatic heterocycles. The van der Waals surface area contributed by atoms with Crippen molar-refractivity contribution in [1.29, 1.82) is 0 Å². The molecule has 1 unspecified atom stereocenters. The summed E-state index contributed by atoms with van der Waals surface area (Å²) < 4.78 is 16.8. The molecule has 0 aromatic carbocycles. The molecule has 0 aromatic rings. The lowest BCUT2D eigenvalue weighted by Crippen LogP contribution is -2.30. The molecule has 0 spiro atoms. The van der Waals surface area contributed by atoms with Gasteiger partial charge in [-0.05, 0) is 128 Å². The van der Waals surface area contributed by atoms with E-state index in [2.05, 4.69) is 167 Å². The Kier molecular flexibility index (Phi) is 55.5. The Morgan fingerprint density at radius 3 is 0.863 bits per heavy atom. The van der Waals surface area contributed by atoms with Crippen LogP contribution in [-0.4, -0.2) is 37.2 Å². The number of unbranched alkanes of at least 4 members (excludes halogenated alkanes) is 13. The maximum absolute atomic E-state index is 12.9. The highest BCUT2D eigenvalue weighted by molar-refractivity contribution is 5.71. The molecular weight excluding hydrogens is 901 g/mol. The summed E-state index contributed by atoms with van der Waals surface area (Å²) in [6.45, 7) is 6.19. The van der Waals surface area contributed by atoms with Gasteiger partial charge in [0.2, 0.25) is 0 Å². The van der Waals surface area contributed by atoms with Gasteiger partial charge in [-0.15, -0.1) is 0 Å². The van der Waals surface area contributed by atoms with Gasteiger partial charge in [0, 0.05) is 19.3 Å². The van der Waals surface area contributed by atoms with E-state index >= 15 is 0 Å². The molecule has 0 aliphatic heterocycles. The van der Waals surface area contributed by atoms with E-state index in [0.29, 0.717) is 19.3 Å². The number of hydrogen-bond acceptors (Lipinski definition) is 6. The summed E-state index contributed by atoms with van der Waals surface area (Å²) in [6, 6.07) is 0. The van der Waals surface area contributed by atoms with Gasteiger partial charge in [-0.3, -0.25) is 14.4 Å². The van der Waals surface area contributed by atoms with Crippen LogP contribution in [0.25, 0.3) is 0 Å². The van der Waals surface area contributed by atoms with Crippen molar-refractivity contribution in [2.24, 2.45) is 0 Å². The van der Waals surface area contributed by atoms with Crippen LogP contribution in [0.5, 0.6) is 0 Å². The molecule has 408 valence electrons. The zero-order chi connectivity index (χ0) is 52.9. The number of carbonyl (C=O) groups is 3. The average Bonchev–Trinajstić information content (AvgIpc) is 3.39. The number of rotatable bonds is 50. The van der Waals surface area contributed by atoms with Crippen LogP contribution in [0, 0.1) is 0 Å². The summed E-state index contributed by atoms with van der Waals surface area (Å²) in [5.74, 6) is -1.05. The Morgan fingerprint density at radius 1 is 0.274 bits per heavy atom. The summed E-state index contributed by atoms with van der Waals surface area (Å²) in [4.78, 5) is 38.1. The number of esters is 3. The zero-order valence-corrected chi connectivity index (χ0v) is 46.6. The van der Waals surface area contributed by atoms with Gasteiger partial charge in [0.25, 0.3) is 0 Å². The van der Waals surface area contributed by atoms with Crippen LogP contribution >= 0.6 is 0 Å². The maximum atomic E-state index is 12.9. The molecule has 0 rings (SSSR count). The van der Waals surface area contributed by atoms with E-state index in [4.69, 9.17) is 14.2 Å². The lowest BCUT2D eigenvalue weighted by molar-refractivity contribution is -0.166. The third-order valence-corrected chi connectivity index (χ3v) is 11.5. The fraction of sp³-hybridized carbons (Fsp3) is 0.567. The van der Waals surface area contributed by atoms with Gasteiger partial charge in [-0.1, -0.05) is 237 Å². The standard InChI is InChI=1S/C67H104O6/c1-4-7-10-13-16-19-22-25-27-29-31-32-33-34-36-37-39-42-45-48-51-54-57-60-66(69)72-63-64(62-71-65(68)59-56-53-50-47-44-41-24-21-18-15-12-9-6-3)73-67(70)61-58-55-52-49-46-43-40-38-35-30-28-26-23-20-17-14-11-8-5-2/h7-12,16-21,25-28,31-32,35,38,41,43-44,46,50,53,64H,4-6,13-15,22-24,29-30,33-34,36-37,39-40,42,45,47-49,51-52,54-63H2,1-3H3/b10-7-,11-8-,12-9-,19-16-,20-17-,21-18-,27-25-,28-26-,32-31-,38-35-,44-41-,46-43-,53-50-. The Bertz CT molecular complexity index is 1670. The quantitative estimate of drug-likeness (QED) is 0.0261. The molecule has 0 radical (unpaired) electrons. The van der Waals surface area contributed by atoms with Gasteiger partial charge in [0.05, 0.1) is 0 Å². The van der Waals surface area contributed by atoms with Crippen LogP contribution in [0.1, 0.15) is 226 Å². The molecule has 6 nitrogen and oxygen atoms in total. The van der Waals surface area contributed by atoms with Gasteiger partial charge < -0.3 is 14.2 Å². The Morgan fingerprint density at radius 2 is 0.521 bits per heavy atom. The molecule has 0 amide bonds. The number of allylic oxidation sites excluding steroid dienone is 26. The van der Waals surface area contributed by atoms with E-state index in [0.717, 1.165) is 122 Å². The molecule has 0 bridgehead atoms. The topological polar surface area (TPSA) is 78.9 Å². The first kappa shape index (κ1) is 68.0. The molecule has 0 aliphatic rings. The smallest absolute Gasteiger partial charge is 0.306 e. The predicted molar refractivity (Wildman–Crippen MR) is 315 cm³/mol. The zero-order valence-electron chi connectivity index (χ0n) is 46.6. The molecule has 0 fully saturated rings. The summed E-state index contributed by atoms with van der Waals surface area (Å²) in [5.41, 5.74) is 0. The Balaban J connectivity index is 4.49. The highest BCUT2D eigenvalue weighted by Crippen LogP contribution is 2.14. The summed E-state index contributed by atoms with van der Waals surface area (Å²) in [5, 5.41) is 0. The van der Waals surface area contributed by atoms with Crippen molar-refractivity contribution in [2.75, 3.05) is 13.2 Å². The SMILES string of the molecule is CC/C=C\C/C=C\C/C=C\C/C=C\C/C=C\CCCCCC(=O)OC(COC(=O)CC/C=C\C/C=C\C/C=C\C/C=C\CC)COC(=O)CCCCCCCCCCCC/C=C\C/C=C\C/C=C\C/C=C\CC. The summed E-state index contributed by atoms with van der Waals surface area (Å²) in [6.07, 6.45) is 86.8. The van der Waals surface area contributed by atoms with Crippen LogP contribution in [0.15, 0.2) is 158 Å². The van der Waals surface area contributed by atoms with Crippen molar-refractivity contribution in [3.05, 3.63) is 158 Å². The van der Waals surface area contributed by atoms with Gasteiger partial charge in [-0.25, -0.2) is 0 Å². The van der Waals surface area contributed by atoms with E-state index < -0.39 is 6.10 Å². The minimum atomic E-state index is -0.834. The van der Waals surface area contributed by atoms with Crippen molar-refractivity contribution < 1.29 is 28.6 Å². The van der Waals surface area contributed by atoms with Crippen molar-refractivity contribution in [3.8, 4) is 0 Å². The molecule has 1 atom stereocenters. The largest absolute Gasteiger partial charge is 0.462 e. The van der Waals surface area contributed by atoms with Crippen LogP contribution < -0.4 is 0 Å². The van der Waals surface area contributed by atoms with Gasteiger partial charge in [0.15, 0.2) is 6.10 Å². The van der Waals surface area contributed by atoms with E-state index in [1.807, 2.05) is 12.2 Å². The van der Waals surface area contributed by atoms with E-state index in [1.165, 1.54) is 51.4 Å². The predicted octanol–water partition coefficient (Wildman–Crippen LogP) is 19.8. The minimum Gasteiger partial charge on any atom is -0.462 e. The monoisotopic (exact) mass is 1000 g/mol. The van der Waals surface area contributed by atoms with Crippen molar-refractivity contribution in [2.45, 2.75) is 232 Å². The van der Waals surface area contributed by atoms with Gasteiger partial charge in [-0.2, -0.15) is 0 Å². The second-order valence-corrected chi connectivity index (χ2v) is 18.4. The molecule has 0 saturated carbocycles. The van der Waals surface area contributed by atoms with Crippen molar-refractivity contribution >= 4 is 17.9 Å². The lowest BCUT2D eigenvalue weighted by atomic mass is 10.1. The average molecular weight is 1010 g/mol. The number of carbonyl (C=O) groups excluding carboxylic acids is 3. The Hall–Kier alpha value is -4.97. The second kappa shape index (κ2) is 59.6. The van der Waals surface area contributed by atoms with E-state index in [9.17, 15) is 14.4 Å². The normalized spacial score (nSPS) is 13.3. The van der Waals surface area contributed by atoms with Gasteiger partial charge >= 0.3 is 17.9 Å². The first-order chi connectivity index (χ1) is 36.0. The van der Waals surface area contributed by atoms with Crippen LogP contribution in [0.3, 0.4) is 0 Å². The molecular formula is C67H104O6. The van der Waals surface area contributed by atoms with Crippen molar-refractivity contribution in [3.63, 3.8) is 0 Å². The fourth-order valence-corrected chi connectivity index (χ4v) is 7.30. The van der Waals surface area contributed by atoms with Crippen LogP contribution in [0.2, 0.25) is 0 Å². The van der Waals surface area contributed by atoms with Gasteiger partial charge in [0.1, 0.15) is 13.2 Å². The molecule has 0 N–H and O–H groups in total. The molecule has 0 aliphatic carbocycles. The third kappa shape index (κ3) is 57.8. The summed E-state index contributed by atoms with van der Waals surface area (Å²) >= 11 is 0. The Labute approximate surface area is 448 Å². The molecule has 73 heavy (non-hydrogen) atoms. The highest BCUT2D eigenvalue weighted by Gasteiger charge is 2.19. The van der Waals surface area contributed by atoms with E-state index in [-0.39, 0.29) is 44.0 Å². The lowest BCUT2D eigenvalue weighted by Gasteiger charge is -2.18. The summed E-state index contributed by atoms with van der Waals surface area (Å²) in [7, 11) is 0. The second-order valence-electron chi connectivity index (χ2n) is 18.4. The molecule has 0 heterocycles. The third-order valence-electron chi connectivity index (χ3n) is 11.5. The van der Waals surface area contributed by atoms with E-state index in [1.54, 1.807) is 0 Å². The maximum Gasteiger partial charge on any atom is 0.306 e. The first-order valence-electron chi connectivity index (χ1n) is 29.0. The number of ether oxygens (including phenoxy) is 3. The van der Waals surface area contributed by atoms with Crippen LogP contribution in [-0.2, 0) is 28.6 Å².